The minimum absolute atomic E-state index is 0.0621. The molecule has 0 aromatic heterocycles. The van der Waals surface area contributed by atoms with E-state index in [-0.39, 0.29) is 25.4 Å². The summed E-state index contributed by atoms with van der Waals surface area (Å²) in [5.41, 5.74) is 0. The number of ether oxygens (including phenoxy) is 2. The molecule has 0 radical (unpaired) electrons. The molecular weight excluding hydrogens is 312 g/mol. The van der Waals surface area contributed by atoms with Crippen LogP contribution in [0.15, 0.2) is 12.2 Å². The summed E-state index contributed by atoms with van der Waals surface area (Å²) < 4.78 is 10.6. The Bertz CT molecular complexity index is 333. The lowest BCUT2D eigenvalue weighted by atomic mass is 10.1. The Morgan fingerprint density at radius 2 is 1.17 bits per heavy atom. The van der Waals surface area contributed by atoms with Crippen molar-refractivity contribution in [2.45, 2.75) is 77.4 Å². The molecule has 0 saturated carbocycles. The van der Waals surface area contributed by atoms with Crippen LogP contribution in [0, 0.1) is 0 Å². The van der Waals surface area contributed by atoms with Gasteiger partial charge in [0.2, 0.25) is 0 Å². The predicted molar refractivity (Wildman–Crippen MR) is 91.4 cm³/mol. The van der Waals surface area contributed by atoms with Crippen molar-refractivity contribution >= 4 is 11.9 Å². The van der Waals surface area contributed by atoms with Gasteiger partial charge >= 0.3 is 11.9 Å². The zero-order valence-electron chi connectivity index (χ0n) is 14.9. The van der Waals surface area contributed by atoms with E-state index in [0.29, 0.717) is 25.7 Å². The summed E-state index contributed by atoms with van der Waals surface area (Å²) in [6.07, 6.45) is 7.24. The molecule has 0 aliphatic rings. The van der Waals surface area contributed by atoms with Crippen molar-refractivity contribution in [3.8, 4) is 0 Å². The minimum atomic E-state index is -0.578. The molecule has 2 N–H and O–H groups in total. The van der Waals surface area contributed by atoms with Gasteiger partial charge in [0.1, 0.15) is 12.2 Å². The van der Waals surface area contributed by atoms with E-state index >= 15 is 0 Å². The molecule has 24 heavy (non-hydrogen) atoms. The maximum atomic E-state index is 11.8. The zero-order chi connectivity index (χ0) is 18.2. The van der Waals surface area contributed by atoms with Gasteiger partial charge in [-0.25, -0.2) is 9.59 Å². The second kappa shape index (κ2) is 15.1. The first kappa shape index (κ1) is 22.6. The van der Waals surface area contributed by atoms with Crippen molar-refractivity contribution in [2.24, 2.45) is 0 Å². The van der Waals surface area contributed by atoms with Crippen LogP contribution in [-0.4, -0.2) is 47.6 Å². The normalized spacial score (nSPS) is 13.7. The van der Waals surface area contributed by atoms with E-state index in [9.17, 15) is 9.59 Å². The zero-order valence-corrected chi connectivity index (χ0v) is 14.9. The lowest BCUT2D eigenvalue weighted by Gasteiger charge is -2.16. The largest absolute Gasteiger partial charge is 0.459 e. The van der Waals surface area contributed by atoms with E-state index in [1.165, 1.54) is 0 Å². The summed E-state index contributed by atoms with van der Waals surface area (Å²) in [5.74, 6) is -1.16. The van der Waals surface area contributed by atoms with Crippen molar-refractivity contribution in [1.29, 1.82) is 0 Å². The highest BCUT2D eigenvalue weighted by atomic mass is 16.5. The Labute approximate surface area is 144 Å². The molecule has 0 aliphatic carbocycles. The van der Waals surface area contributed by atoms with Crippen LogP contribution in [0.1, 0.15) is 65.2 Å². The molecule has 0 rings (SSSR count). The molecule has 0 bridgehead atoms. The molecule has 0 heterocycles. The maximum absolute atomic E-state index is 11.8. The van der Waals surface area contributed by atoms with Crippen molar-refractivity contribution in [2.75, 3.05) is 13.2 Å². The molecular formula is C18H32O6. The van der Waals surface area contributed by atoms with Crippen LogP contribution in [0.3, 0.4) is 0 Å². The van der Waals surface area contributed by atoms with Crippen LogP contribution in [0.2, 0.25) is 0 Å². The van der Waals surface area contributed by atoms with Crippen molar-refractivity contribution in [3.05, 3.63) is 12.2 Å². The van der Waals surface area contributed by atoms with Gasteiger partial charge in [0.05, 0.1) is 0 Å². The lowest BCUT2D eigenvalue weighted by Crippen LogP contribution is -2.19. The Kier molecular flexibility index (Phi) is 14.3. The second-order valence-corrected chi connectivity index (χ2v) is 5.76. The van der Waals surface area contributed by atoms with Crippen LogP contribution in [0.5, 0.6) is 0 Å². The van der Waals surface area contributed by atoms with Gasteiger partial charge in [0.25, 0.3) is 0 Å². The summed E-state index contributed by atoms with van der Waals surface area (Å²) in [7, 11) is 0. The molecule has 6 heteroatoms. The monoisotopic (exact) mass is 344 g/mol. The highest BCUT2D eigenvalue weighted by Gasteiger charge is 2.14. The fourth-order valence-corrected chi connectivity index (χ4v) is 2.35. The number of hydrogen-bond acceptors (Lipinski definition) is 6. The summed E-state index contributed by atoms with van der Waals surface area (Å²) >= 11 is 0. The van der Waals surface area contributed by atoms with Crippen LogP contribution in [0.25, 0.3) is 0 Å². The van der Waals surface area contributed by atoms with Crippen molar-refractivity contribution in [3.63, 3.8) is 0 Å². The summed E-state index contributed by atoms with van der Waals surface area (Å²) in [6.45, 7) is 4.11. The van der Waals surface area contributed by atoms with Gasteiger partial charge < -0.3 is 19.7 Å². The van der Waals surface area contributed by atoms with Gasteiger partial charge in [0.15, 0.2) is 0 Å². The van der Waals surface area contributed by atoms with Crippen LogP contribution >= 0.6 is 0 Å². The number of rotatable bonds is 14. The average molecular weight is 344 g/mol. The van der Waals surface area contributed by atoms with Crippen LogP contribution in [0.4, 0.5) is 0 Å². The van der Waals surface area contributed by atoms with E-state index < -0.39 is 11.9 Å². The van der Waals surface area contributed by atoms with E-state index in [4.69, 9.17) is 19.7 Å². The molecule has 0 aliphatic heterocycles. The summed E-state index contributed by atoms with van der Waals surface area (Å²) in [6, 6.07) is 0. The van der Waals surface area contributed by atoms with Crippen molar-refractivity contribution in [1.82, 2.24) is 0 Å². The van der Waals surface area contributed by atoms with Crippen LogP contribution < -0.4 is 0 Å². The van der Waals surface area contributed by atoms with Gasteiger partial charge in [-0.05, 0) is 38.5 Å². The fourth-order valence-electron chi connectivity index (χ4n) is 2.35. The number of carbonyl (C=O) groups is 2. The average Bonchev–Trinajstić information content (AvgIpc) is 2.56. The third-order valence-electron chi connectivity index (χ3n) is 3.51. The van der Waals surface area contributed by atoms with Crippen LogP contribution in [-0.2, 0) is 19.1 Å². The van der Waals surface area contributed by atoms with Gasteiger partial charge in [-0.2, -0.15) is 0 Å². The Hall–Kier alpha value is -1.40. The minimum Gasteiger partial charge on any atom is -0.459 e. The maximum Gasteiger partial charge on any atom is 0.331 e. The third kappa shape index (κ3) is 12.1. The number of esters is 2. The molecule has 2 unspecified atom stereocenters. The molecule has 6 nitrogen and oxygen atoms in total. The molecule has 0 fully saturated rings. The standard InChI is InChI=1S/C18H32O6/c1-3-7-15(9-5-13-19)23-17(21)11-12-18(22)24-16(8-4-2)10-6-14-20/h11-12,15-16,19-20H,3-10,13-14H2,1-2H3/b12-11-. The molecule has 0 amide bonds. The smallest absolute Gasteiger partial charge is 0.331 e. The van der Waals surface area contributed by atoms with Gasteiger partial charge in [-0.15, -0.1) is 0 Å². The summed E-state index contributed by atoms with van der Waals surface area (Å²) in [5, 5.41) is 17.7. The highest BCUT2D eigenvalue weighted by Crippen LogP contribution is 2.11. The molecule has 0 spiro atoms. The van der Waals surface area contributed by atoms with Crippen molar-refractivity contribution < 1.29 is 29.3 Å². The molecule has 2 atom stereocenters. The van der Waals surface area contributed by atoms with E-state index in [1.807, 2.05) is 13.8 Å². The molecule has 140 valence electrons. The fraction of sp³-hybridized carbons (Fsp3) is 0.778. The van der Waals surface area contributed by atoms with E-state index in [0.717, 1.165) is 37.8 Å². The van der Waals surface area contributed by atoms with E-state index in [2.05, 4.69) is 0 Å². The Morgan fingerprint density at radius 3 is 1.46 bits per heavy atom. The first-order valence-electron chi connectivity index (χ1n) is 8.88. The highest BCUT2D eigenvalue weighted by molar-refractivity contribution is 5.91. The van der Waals surface area contributed by atoms with E-state index in [1.54, 1.807) is 0 Å². The topological polar surface area (TPSA) is 93.1 Å². The number of carbonyl (C=O) groups excluding carboxylic acids is 2. The van der Waals surface area contributed by atoms with Gasteiger partial charge in [-0.3, -0.25) is 0 Å². The number of aliphatic hydroxyl groups excluding tert-OH is 2. The summed E-state index contributed by atoms with van der Waals surface area (Å²) in [4.78, 5) is 23.5. The Balaban J connectivity index is 4.35. The lowest BCUT2D eigenvalue weighted by molar-refractivity contribution is -0.146. The first-order valence-corrected chi connectivity index (χ1v) is 8.88. The van der Waals surface area contributed by atoms with Gasteiger partial charge in [-0.1, -0.05) is 26.7 Å². The Morgan fingerprint density at radius 1 is 0.792 bits per heavy atom. The molecule has 0 aromatic carbocycles. The number of aliphatic hydroxyl groups is 2. The molecule has 0 aromatic rings. The second-order valence-electron chi connectivity index (χ2n) is 5.76. The molecule has 0 saturated heterocycles. The third-order valence-corrected chi connectivity index (χ3v) is 3.51. The van der Waals surface area contributed by atoms with Gasteiger partial charge in [0, 0.05) is 25.4 Å². The SMILES string of the molecule is CCCC(CCCO)OC(=O)/C=C\C(=O)OC(CCC)CCCO. The number of hydrogen-bond donors (Lipinski definition) is 2. The first-order chi connectivity index (χ1) is 11.6. The quantitative estimate of drug-likeness (QED) is 0.371. The predicted octanol–water partition coefficient (Wildman–Crippen LogP) is 2.51.